The summed E-state index contributed by atoms with van der Waals surface area (Å²) >= 11 is 6.44. The fraction of sp³-hybridized carbons (Fsp3) is 0.273. The molecule has 0 unspecified atom stereocenters. The first-order chi connectivity index (χ1) is 14.4. The number of aryl methyl sites for hydroxylation is 1. The molecule has 5 rings (SSSR count). The maximum Gasteiger partial charge on any atom is 0.260 e. The molecule has 1 aromatic heterocycles. The number of aromatic nitrogens is 2. The van der Waals surface area contributed by atoms with Gasteiger partial charge in [-0.3, -0.25) is 4.79 Å². The monoisotopic (exact) mass is 427 g/mol. The number of carbonyl (C=O) groups excluding carboxylic acids is 1. The highest BCUT2D eigenvalue weighted by Crippen LogP contribution is 2.47. The van der Waals surface area contributed by atoms with Crippen molar-refractivity contribution < 1.29 is 18.7 Å². The van der Waals surface area contributed by atoms with Crippen LogP contribution < -0.4 is 14.8 Å². The fourth-order valence-electron chi connectivity index (χ4n) is 3.99. The van der Waals surface area contributed by atoms with Crippen molar-refractivity contribution in [2.24, 2.45) is 0 Å². The summed E-state index contributed by atoms with van der Waals surface area (Å²) in [7, 11) is 0. The molecule has 0 bridgehead atoms. The van der Waals surface area contributed by atoms with Crippen molar-refractivity contribution in [3.05, 3.63) is 64.7 Å². The van der Waals surface area contributed by atoms with Crippen molar-refractivity contribution in [3.63, 3.8) is 0 Å². The third-order valence-electron chi connectivity index (χ3n) is 5.46. The third kappa shape index (κ3) is 3.19. The van der Waals surface area contributed by atoms with E-state index < -0.39 is 5.79 Å². The summed E-state index contributed by atoms with van der Waals surface area (Å²) in [5.74, 6) is 0.00762. The molecule has 1 spiro atoms. The van der Waals surface area contributed by atoms with Crippen molar-refractivity contribution in [1.29, 1.82) is 0 Å². The number of fused-ring (bicyclic) bond motifs is 1. The quantitative estimate of drug-likeness (QED) is 0.618. The average molecular weight is 428 g/mol. The van der Waals surface area contributed by atoms with E-state index in [1.807, 2.05) is 0 Å². The van der Waals surface area contributed by atoms with Gasteiger partial charge in [-0.05, 0) is 56.2 Å². The Bertz CT molecular complexity index is 1140. The van der Waals surface area contributed by atoms with E-state index in [0.29, 0.717) is 28.6 Å². The standard InChI is InChI=1S/C22H19ClFN3O3/c1-13-19(20(23)27(26-13)16-7-4-14(24)5-8-16)21(28)25-15-6-9-17-18(12-15)30-22(29-17)10-2-3-11-22/h4-9,12H,2-3,10-11H2,1H3,(H,25,28). The maximum atomic E-state index is 13.2. The van der Waals surface area contributed by atoms with Gasteiger partial charge < -0.3 is 14.8 Å². The zero-order valence-corrected chi connectivity index (χ0v) is 17.0. The number of hydrogen-bond acceptors (Lipinski definition) is 4. The predicted molar refractivity (Wildman–Crippen MR) is 110 cm³/mol. The highest BCUT2D eigenvalue weighted by atomic mass is 35.5. The first-order valence-electron chi connectivity index (χ1n) is 9.79. The van der Waals surface area contributed by atoms with E-state index in [-0.39, 0.29) is 22.4 Å². The van der Waals surface area contributed by atoms with E-state index in [1.54, 1.807) is 37.3 Å². The number of nitrogens with one attached hydrogen (secondary N) is 1. The molecule has 2 aliphatic rings. The van der Waals surface area contributed by atoms with Crippen molar-refractivity contribution >= 4 is 23.2 Å². The molecule has 3 aromatic rings. The second-order valence-electron chi connectivity index (χ2n) is 7.58. The second-order valence-corrected chi connectivity index (χ2v) is 7.94. The summed E-state index contributed by atoms with van der Waals surface area (Å²) < 4.78 is 26.7. The highest BCUT2D eigenvalue weighted by Gasteiger charge is 2.44. The van der Waals surface area contributed by atoms with E-state index in [9.17, 15) is 9.18 Å². The average Bonchev–Trinajstić information content (AvgIpc) is 3.39. The summed E-state index contributed by atoms with van der Waals surface area (Å²) in [6, 6.07) is 11.0. The van der Waals surface area contributed by atoms with Crippen LogP contribution in [0.15, 0.2) is 42.5 Å². The molecule has 2 aromatic carbocycles. The number of hydrogen-bond donors (Lipinski definition) is 1. The van der Waals surface area contributed by atoms with E-state index in [0.717, 1.165) is 25.7 Å². The van der Waals surface area contributed by atoms with Gasteiger partial charge in [0.25, 0.3) is 11.7 Å². The van der Waals surface area contributed by atoms with Gasteiger partial charge >= 0.3 is 0 Å². The lowest BCUT2D eigenvalue weighted by atomic mass is 10.2. The smallest absolute Gasteiger partial charge is 0.260 e. The Morgan fingerprint density at radius 3 is 2.57 bits per heavy atom. The van der Waals surface area contributed by atoms with Crippen LogP contribution in [0.4, 0.5) is 10.1 Å². The summed E-state index contributed by atoms with van der Waals surface area (Å²) in [4.78, 5) is 12.9. The van der Waals surface area contributed by atoms with Crippen LogP contribution in [0.5, 0.6) is 11.5 Å². The lowest BCUT2D eigenvalue weighted by Gasteiger charge is -2.21. The minimum absolute atomic E-state index is 0.155. The number of amides is 1. The topological polar surface area (TPSA) is 65.4 Å². The largest absolute Gasteiger partial charge is 0.448 e. The maximum absolute atomic E-state index is 13.2. The molecule has 30 heavy (non-hydrogen) atoms. The van der Waals surface area contributed by atoms with Crippen molar-refractivity contribution in [2.45, 2.75) is 38.4 Å². The molecule has 6 nitrogen and oxygen atoms in total. The van der Waals surface area contributed by atoms with Crippen LogP contribution in [0.2, 0.25) is 5.15 Å². The number of ether oxygens (including phenoxy) is 2. The van der Waals surface area contributed by atoms with Crippen molar-refractivity contribution in [2.75, 3.05) is 5.32 Å². The molecule has 2 heterocycles. The lowest BCUT2D eigenvalue weighted by molar-refractivity contribution is -0.0716. The van der Waals surface area contributed by atoms with Crippen LogP contribution in [-0.4, -0.2) is 21.5 Å². The van der Waals surface area contributed by atoms with Crippen LogP contribution >= 0.6 is 11.6 Å². The van der Waals surface area contributed by atoms with E-state index in [4.69, 9.17) is 21.1 Å². The number of anilines is 1. The Morgan fingerprint density at radius 2 is 1.83 bits per heavy atom. The third-order valence-corrected chi connectivity index (χ3v) is 5.81. The minimum Gasteiger partial charge on any atom is -0.448 e. The number of rotatable bonds is 3. The number of benzene rings is 2. The summed E-state index contributed by atoms with van der Waals surface area (Å²) in [5.41, 5.74) is 1.86. The lowest BCUT2D eigenvalue weighted by Crippen LogP contribution is -2.34. The predicted octanol–water partition coefficient (Wildman–Crippen LogP) is 5.27. The molecule has 1 aliphatic carbocycles. The fourth-order valence-corrected chi connectivity index (χ4v) is 4.35. The number of halogens is 2. The zero-order chi connectivity index (χ0) is 20.9. The van der Waals surface area contributed by atoms with Gasteiger partial charge in [-0.15, -0.1) is 0 Å². The van der Waals surface area contributed by atoms with Gasteiger partial charge in [-0.1, -0.05) is 11.6 Å². The van der Waals surface area contributed by atoms with Crippen LogP contribution in [0.3, 0.4) is 0 Å². The second kappa shape index (κ2) is 7.02. The molecule has 0 radical (unpaired) electrons. The van der Waals surface area contributed by atoms with Crippen LogP contribution in [0, 0.1) is 12.7 Å². The van der Waals surface area contributed by atoms with Gasteiger partial charge in [0.05, 0.1) is 11.4 Å². The van der Waals surface area contributed by atoms with Gasteiger partial charge in [0.15, 0.2) is 11.5 Å². The van der Waals surface area contributed by atoms with E-state index in [1.165, 1.54) is 16.8 Å². The summed E-state index contributed by atoms with van der Waals surface area (Å²) in [5, 5.41) is 7.34. The Labute approximate surface area is 177 Å². The zero-order valence-electron chi connectivity index (χ0n) is 16.2. The molecule has 1 saturated carbocycles. The molecule has 0 saturated heterocycles. The molecule has 154 valence electrons. The van der Waals surface area contributed by atoms with Gasteiger partial charge in [0, 0.05) is 24.6 Å². The Balaban J connectivity index is 1.38. The van der Waals surface area contributed by atoms with Gasteiger partial charge in [0.2, 0.25) is 0 Å². The Hall–Kier alpha value is -3.06. The van der Waals surface area contributed by atoms with E-state index >= 15 is 0 Å². The molecule has 0 atom stereocenters. The van der Waals surface area contributed by atoms with Crippen molar-refractivity contribution in [1.82, 2.24) is 9.78 Å². The molecule has 1 N–H and O–H groups in total. The highest BCUT2D eigenvalue weighted by molar-refractivity contribution is 6.34. The number of nitrogens with zero attached hydrogens (tertiary/aromatic N) is 2. The van der Waals surface area contributed by atoms with E-state index in [2.05, 4.69) is 10.4 Å². The normalized spacial score (nSPS) is 16.2. The number of carbonyl (C=O) groups is 1. The first kappa shape index (κ1) is 18.9. The van der Waals surface area contributed by atoms with Gasteiger partial charge in [-0.25, -0.2) is 9.07 Å². The van der Waals surface area contributed by atoms with Crippen LogP contribution in [0.25, 0.3) is 5.69 Å². The first-order valence-corrected chi connectivity index (χ1v) is 10.2. The van der Waals surface area contributed by atoms with Crippen LogP contribution in [-0.2, 0) is 0 Å². The summed E-state index contributed by atoms with van der Waals surface area (Å²) in [6.45, 7) is 1.70. The Kier molecular flexibility index (Phi) is 4.43. The molecular formula is C22H19ClFN3O3. The SMILES string of the molecule is Cc1nn(-c2ccc(F)cc2)c(Cl)c1C(=O)Nc1ccc2c(c1)OC1(CCCC1)O2. The molecule has 1 aliphatic heterocycles. The minimum atomic E-state index is -0.554. The molecule has 8 heteroatoms. The Morgan fingerprint density at radius 1 is 1.13 bits per heavy atom. The van der Waals surface area contributed by atoms with Crippen LogP contribution in [0.1, 0.15) is 41.7 Å². The summed E-state index contributed by atoms with van der Waals surface area (Å²) in [6.07, 6.45) is 3.88. The van der Waals surface area contributed by atoms with Crippen molar-refractivity contribution in [3.8, 4) is 17.2 Å². The van der Waals surface area contributed by atoms with Gasteiger partial charge in [0.1, 0.15) is 16.5 Å². The van der Waals surface area contributed by atoms with Gasteiger partial charge in [-0.2, -0.15) is 5.10 Å². The molecule has 1 amide bonds. The molecular weight excluding hydrogens is 409 g/mol. The molecule has 1 fully saturated rings.